The molecule has 3 atom stereocenters. The zero-order chi connectivity index (χ0) is 25.0. The van der Waals surface area contributed by atoms with Gasteiger partial charge in [-0.2, -0.15) is 0 Å². The highest BCUT2D eigenvalue weighted by Crippen LogP contribution is 2.52. The maximum Gasteiger partial charge on any atom is 0.261 e. The van der Waals surface area contributed by atoms with Crippen LogP contribution < -0.4 is 20.1 Å². The van der Waals surface area contributed by atoms with E-state index in [1.807, 2.05) is 0 Å². The lowest BCUT2D eigenvalue weighted by molar-refractivity contribution is -0.134. The third kappa shape index (κ3) is 4.79. The monoisotopic (exact) mass is 522 g/mol. The molecule has 6 rings (SSSR count). The van der Waals surface area contributed by atoms with Crippen LogP contribution in [0, 0.1) is 11.7 Å². The highest BCUT2D eigenvalue weighted by atomic mass is 35.5. The number of hydrogen-bond acceptors (Lipinski definition) is 5. The second kappa shape index (κ2) is 8.84. The lowest BCUT2D eigenvalue weighted by Gasteiger charge is -2.39. The number of benzene rings is 2. The molecule has 186 valence electrons. The lowest BCUT2D eigenvalue weighted by Crippen LogP contribution is -2.53. The summed E-state index contributed by atoms with van der Waals surface area (Å²) in [6.45, 7) is 1.39. The number of fused-ring (bicyclic) bond motifs is 2. The molecule has 0 saturated heterocycles. The van der Waals surface area contributed by atoms with Crippen LogP contribution in [0.4, 0.5) is 4.39 Å². The van der Waals surface area contributed by atoms with Gasteiger partial charge in [0.2, 0.25) is 0 Å². The number of ether oxygens (including phenoxy) is 2. The fourth-order valence-corrected chi connectivity index (χ4v) is 5.76. The van der Waals surface area contributed by atoms with Crippen molar-refractivity contribution >= 4 is 35.0 Å². The third-order valence-electron chi connectivity index (χ3n) is 7.15. The molecule has 0 radical (unpaired) electrons. The van der Waals surface area contributed by atoms with Gasteiger partial charge in [-0.3, -0.25) is 9.59 Å². The molecule has 0 aromatic heterocycles. The molecule has 1 heterocycles. The predicted octanol–water partition coefficient (Wildman–Crippen LogP) is 3.72. The molecule has 3 aliphatic carbocycles. The maximum absolute atomic E-state index is 13.5. The van der Waals surface area contributed by atoms with Crippen molar-refractivity contribution in [1.82, 2.24) is 10.6 Å². The summed E-state index contributed by atoms with van der Waals surface area (Å²) in [5.74, 6) is -0.317. The van der Waals surface area contributed by atoms with Crippen molar-refractivity contribution in [2.24, 2.45) is 5.92 Å². The molecule has 2 aromatic rings. The highest BCUT2D eigenvalue weighted by Gasteiger charge is 2.57. The molecule has 3 fully saturated rings. The van der Waals surface area contributed by atoms with Gasteiger partial charge in [0.25, 0.3) is 11.8 Å². The summed E-state index contributed by atoms with van der Waals surface area (Å²) >= 11 is 11.7. The molecule has 1 aliphatic heterocycles. The molecule has 1 unspecified atom stereocenters. The Morgan fingerprint density at radius 3 is 2.69 bits per heavy atom. The van der Waals surface area contributed by atoms with Crippen LogP contribution in [0.5, 0.6) is 11.5 Å². The predicted molar refractivity (Wildman–Crippen MR) is 127 cm³/mol. The Labute approximate surface area is 211 Å². The minimum atomic E-state index is -1.25. The summed E-state index contributed by atoms with van der Waals surface area (Å²) in [5, 5.41) is 17.4. The van der Waals surface area contributed by atoms with Crippen molar-refractivity contribution in [2.45, 2.75) is 55.9 Å². The van der Waals surface area contributed by atoms with E-state index in [2.05, 4.69) is 10.6 Å². The first-order chi connectivity index (χ1) is 16.5. The molecule has 2 amide bonds. The quantitative estimate of drug-likeness (QED) is 0.537. The summed E-state index contributed by atoms with van der Waals surface area (Å²) in [5.41, 5.74) is -1.08. The summed E-state index contributed by atoms with van der Waals surface area (Å²) in [6, 6.07) is 8.85. The number of halogens is 3. The van der Waals surface area contributed by atoms with Crippen LogP contribution in [-0.4, -0.2) is 41.2 Å². The van der Waals surface area contributed by atoms with Crippen LogP contribution in [0.3, 0.4) is 0 Å². The fourth-order valence-electron chi connectivity index (χ4n) is 5.47. The van der Waals surface area contributed by atoms with Crippen molar-refractivity contribution in [3.05, 3.63) is 57.8 Å². The third-order valence-corrected chi connectivity index (χ3v) is 7.69. The van der Waals surface area contributed by atoms with E-state index in [0.717, 1.165) is 18.9 Å². The van der Waals surface area contributed by atoms with E-state index in [9.17, 15) is 19.1 Å². The molecule has 3 N–H and O–H groups in total. The standard InChI is InChI=1S/C25H25Cl2FN2O5/c1-24(33)11-21(35-20-5-2-14(26)6-16(20)24)23(32)29-19-10-25(8-13(19)9-25)30-22(31)12-34-15-3-4-17(27)18(28)7-15/h2-7,13,19,21,33H,8-12H2,1H3,(H,29,32)(H,30,31)/t13?,19?,21-,24+,25?/m1/s1. The van der Waals surface area contributed by atoms with Gasteiger partial charge in [0.05, 0.1) is 10.6 Å². The van der Waals surface area contributed by atoms with E-state index in [0.29, 0.717) is 22.8 Å². The largest absolute Gasteiger partial charge is 0.484 e. The molecule has 4 aliphatic rings. The number of nitrogens with one attached hydrogen (secondary N) is 2. The molecule has 7 nitrogen and oxygen atoms in total. The fraction of sp³-hybridized carbons (Fsp3) is 0.440. The number of rotatable bonds is 6. The second-order valence-electron chi connectivity index (χ2n) is 9.91. The summed E-state index contributed by atoms with van der Waals surface area (Å²) in [4.78, 5) is 25.4. The van der Waals surface area contributed by atoms with Gasteiger partial charge in [-0.25, -0.2) is 4.39 Å². The smallest absolute Gasteiger partial charge is 0.261 e. The number of carbonyl (C=O) groups is 2. The second-order valence-corrected chi connectivity index (χ2v) is 10.7. The van der Waals surface area contributed by atoms with Crippen molar-refractivity contribution in [3.8, 4) is 11.5 Å². The Morgan fingerprint density at radius 2 is 1.94 bits per heavy atom. The number of hydrogen-bond donors (Lipinski definition) is 3. The molecule has 35 heavy (non-hydrogen) atoms. The van der Waals surface area contributed by atoms with Crippen LogP contribution >= 0.6 is 23.2 Å². The van der Waals surface area contributed by atoms with Gasteiger partial charge in [-0.1, -0.05) is 23.2 Å². The van der Waals surface area contributed by atoms with E-state index in [1.165, 1.54) is 12.1 Å². The molecule has 3 saturated carbocycles. The topological polar surface area (TPSA) is 96.9 Å². The molecular weight excluding hydrogens is 498 g/mol. The molecule has 2 bridgehead atoms. The van der Waals surface area contributed by atoms with Gasteiger partial charge in [0, 0.05) is 34.7 Å². The van der Waals surface area contributed by atoms with Gasteiger partial charge in [0.1, 0.15) is 17.3 Å². The van der Waals surface area contributed by atoms with Crippen molar-refractivity contribution in [2.75, 3.05) is 6.61 Å². The maximum atomic E-state index is 13.5. The Morgan fingerprint density at radius 1 is 1.17 bits per heavy atom. The van der Waals surface area contributed by atoms with Gasteiger partial charge in [-0.05, 0) is 62.4 Å². The zero-order valence-electron chi connectivity index (χ0n) is 18.9. The summed E-state index contributed by atoms with van der Waals surface area (Å²) < 4.78 is 24.8. The van der Waals surface area contributed by atoms with E-state index in [-0.39, 0.29) is 47.6 Å². The molecule has 0 spiro atoms. The normalized spacial score (nSPS) is 30.5. The van der Waals surface area contributed by atoms with E-state index in [1.54, 1.807) is 25.1 Å². The van der Waals surface area contributed by atoms with Gasteiger partial charge < -0.3 is 25.2 Å². The summed E-state index contributed by atoms with van der Waals surface area (Å²) in [7, 11) is 0. The Hall–Kier alpha value is -2.55. The molecule has 2 aromatic carbocycles. The number of aliphatic hydroxyl groups is 1. The molecular formula is C25H25Cl2FN2O5. The number of amides is 2. The van der Waals surface area contributed by atoms with Gasteiger partial charge >= 0.3 is 0 Å². The first-order valence-corrected chi connectivity index (χ1v) is 12.2. The van der Waals surface area contributed by atoms with Crippen LogP contribution in [0.15, 0.2) is 36.4 Å². The minimum absolute atomic E-state index is 0.0175. The number of carbonyl (C=O) groups excluding carboxylic acids is 2. The van der Waals surface area contributed by atoms with Crippen LogP contribution in [-0.2, 0) is 15.2 Å². The van der Waals surface area contributed by atoms with Crippen LogP contribution in [0.1, 0.15) is 38.2 Å². The Bertz CT molecular complexity index is 1180. The SMILES string of the molecule is C[C@]1(O)C[C@H](C(=O)NC2CC3(NC(=O)COc4ccc(Cl)c(F)c4)CC2C3)Oc2ccc(Cl)cc21. The van der Waals surface area contributed by atoms with E-state index in [4.69, 9.17) is 32.7 Å². The highest BCUT2D eigenvalue weighted by molar-refractivity contribution is 6.31. The van der Waals surface area contributed by atoms with Crippen molar-refractivity contribution < 1.29 is 28.6 Å². The summed E-state index contributed by atoms with van der Waals surface area (Å²) in [6.07, 6.45) is 1.37. The Kier molecular flexibility index (Phi) is 6.10. The van der Waals surface area contributed by atoms with E-state index >= 15 is 0 Å². The Balaban J connectivity index is 1.14. The van der Waals surface area contributed by atoms with Crippen LogP contribution in [0.2, 0.25) is 10.0 Å². The van der Waals surface area contributed by atoms with Crippen LogP contribution in [0.25, 0.3) is 0 Å². The first kappa shape index (κ1) is 24.2. The molecule has 10 heteroatoms. The van der Waals surface area contributed by atoms with Gasteiger partial charge in [0.15, 0.2) is 12.7 Å². The van der Waals surface area contributed by atoms with Gasteiger partial charge in [-0.15, -0.1) is 0 Å². The van der Waals surface area contributed by atoms with Crippen molar-refractivity contribution in [1.29, 1.82) is 0 Å². The van der Waals surface area contributed by atoms with Crippen molar-refractivity contribution in [3.63, 3.8) is 0 Å². The lowest BCUT2D eigenvalue weighted by atomic mass is 9.76. The minimum Gasteiger partial charge on any atom is -0.484 e. The van der Waals surface area contributed by atoms with E-state index < -0.39 is 23.1 Å². The zero-order valence-corrected chi connectivity index (χ0v) is 20.5. The first-order valence-electron chi connectivity index (χ1n) is 11.4. The average molecular weight is 523 g/mol. The average Bonchev–Trinajstić information content (AvgIpc) is 3.28.